The molecule has 0 atom stereocenters. The topological polar surface area (TPSA) is 91.4 Å². The highest BCUT2D eigenvalue weighted by molar-refractivity contribution is 5.76. The van der Waals surface area contributed by atoms with E-state index < -0.39 is 0 Å². The number of aromatic nitrogens is 3. The van der Waals surface area contributed by atoms with Crippen molar-refractivity contribution >= 4 is 5.91 Å². The minimum absolute atomic E-state index is 0.0733. The summed E-state index contributed by atoms with van der Waals surface area (Å²) in [5.74, 6) is 1.30. The lowest BCUT2D eigenvalue weighted by molar-refractivity contribution is -0.121. The molecule has 4 aromatic rings. The van der Waals surface area contributed by atoms with E-state index in [0.717, 1.165) is 5.56 Å². The third-order valence-corrected chi connectivity index (χ3v) is 4.83. The second-order valence-corrected chi connectivity index (χ2v) is 6.92. The van der Waals surface area contributed by atoms with Crippen molar-refractivity contribution in [1.29, 1.82) is 0 Å². The van der Waals surface area contributed by atoms with Crippen molar-refractivity contribution < 1.29 is 23.2 Å². The molecule has 0 unspecified atom stereocenters. The van der Waals surface area contributed by atoms with Gasteiger partial charge in [0.15, 0.2) is 11.5 Å². The minimum atomic E-state index is -0.342. The second-order valence-electron chi connectivity index (χ2n) is 6.92. The molecule has 9 heteroatoms. The lowest BCUT2D eigenvalue weighted by atomic mass is 10.2. The summed E-state index contributed by atoms with van der Waals surface area (Å²) in [5, 5.41) is 6.84. The summed E-state index contributed by atoms with van der Waals surface area (Å²) >= 11 is 0. The Morgan fingerprint density at radius 2 is 1.88 bits per heavy atom. The molecular formula is C23H21FN4O4. The molecule has 1 N–H and O–H groups in total. The van der Waals surface area contributed by atoms with Crippen LogP contribution < -0.4 is 14.8 Å². The largest absolute Gasteiger partial charge is 0.493 e. The zero-order valence-electron chi connectivity index (χ0n) is 17.5. The number of nitrogens with zero attached hydrogens (tertiary/aromatic N) is 3. The molecule has 4 rings (SSSR count). The number of nitrogens with one attached hydrogen (secondary N) is 1. The van der Waals surface area contributed by atoms with Crippen LogP contribution in [0.2, 0.25) is 0 Å². The molecular weight excluding hydrogens is 415 g/mol. The van der Waals surface area contributed by atoms with Gasteiger partial charge in [-0.1, -0.05) is 11.2 Å². The summed E-state index contributed by atoms with van der Waals surface area (Å²) in [5.41, 5.74) is 2.11. The number of ether oxygens (including phenoxy) is 2. The molecule has 2 heterocycles. The monoisotopic (exact) mass is 436 g/mol. The highest BCUT2D eigenvalue weighted by Crippen LogP contribution is 2.27. The van der Waals surface area contributed by atoms with Gasteiger partial charge in [0.2, 0.25) is 11.7 Å². The summed E-state index contributed by atoms with van der Waals surface area (Å²) in [6.07, 6.45) is 1.76. The molecule has 1 amide bonds. The number of benzene rings is 2. The van der Waals surface area contributed by atoms with Gasteiger partial charge in [-0.05, 0) is 54.1 Å². The van der Waals surface area contributed by atoms with Crippen molar-refractivity contribution in [3.8, 4) is 34.5 Å². The Bertz CT molecular complexity index is 1220. The number of rotatable bonds is 8. The minimum Gasteiger partial charge on any atom is -0.493 e. The van der Waals surface area contributed by atoms with E-state index in [4.69, 9.17) is 14.0 Å². The summed E-state index contributed by atoms with van der Waals surface area (Å²) in [6, 6.07) is 14.8. The van der Waals surface area contributed by atoms with Gasteiger partial charge in [0.05, 0.1) is 14.2 Å². The van der Waals surface area contributed by atoms with Gasteiger partial charge in [-0.25, -0.2) is 4.39 Å². The third-order valence-electron chi connectivity index (χ3n) is 4.83. The third kappa shape index (κ3) is 4.61. The van der Waals surface area contributed by atoms with Gasteiger partial charge in [-0.2, -0.15) is 4.98 Å². The first-order valence-electron chi connectivity index (χ1n) is 9.80. The molecule has 0 spiro atoms. The number of carbonyl (C=O) groups excluding carboxylic acids is 1. The smallest absolute Gasteiger partial charge is 0.274 e. The van der Waals surface area contributed by atoms with Crippen molar-refractivity contribution in [3.63, 3.8) is 0 Å². The second kappa shape index (κ2) is 9.34. The van der Waals surface area contributed by atoms with E-state index in [0.29, 0.717) is 35.1 Å². The van der Waals surface area contributed by atoms with Crippen LogP contribution in [0.4, 0.5) is 4.39 Å². The van der Waals surface area contributed by atoms with Crippen LogP contribution in [0.5, 0.6) is 11.5 Å². The van der Waals surface area contributed by atoms with Gasteiger partial charge in [-0.15, -0.1) is 0 Å². The highest BCUT2D eigenvalue weighted by atomic mass is 19.1. The Labute approximate surface area is 183 Å². The maximum Gasteiger partial charge on any atom is 0.274 e. The first-order chi connectivity index (χ1) is 15.6. The number of carbonyl (C=O) groups is 1. The standard InChI is InChI=1S/C23H21FN4O4/c1-30-19-10-5-15(12-20(19)31-2)13-25-21(29)14-28-11-3-4-18(28)23-26-22(27-32-23)16-6-8-17(24)9-7-16/h3-12H,13-14H2,1-2H3,(H,25,29). The number of amides is 1. The average Bonchev–Trinajstić information content (AvgIpc) is 3.47. The maximum absolute atomic E-state index is 13.1. The first-order valence-corrected chi connectivity index (χ1v) is 9.80. The Balaban J connectivity index is 1.42. The zero-order chi connectivity index (χ0) is 22.5. The van der Waals surface area contributed by atoms with Crippen LogP contribution >= 0.6 is 0 Å². The number of hydrogen-bond acceptors (Lipinski definition) is 6. The summed E-state index contributed by atoms with van der Waals surface area (Å²) < 4.78 is 30.7. The van der Waals surface area contributed by atoms with Gasteiger partial charge in [0, 0.05) is 18.3 Å². The number of halogens is 1. The van der Waals surface area contributed by atoms with Gasteiger partial charge in [0.1, 0.15) is 18.1 Å². The van der Waals surface area contributed by atoms with E-state index in [2.05, 4.69) is 15.5 Å². The molecule has 2 aromatic carbocycles. The molecule has 0 bridgehead atoms. The molecule has 0 aliphatic carbocycles. The fraction of sp³-hybridized carbons (Fsp3) is 0.174. The van der Waals surface area contributed by atoms with Crippen LogP contribution in [0, 0.1) is 5.82 Å². The number of hydrogen-bond donors (Lipinski definition) is 1. The summed E-state index contributed by atoms with van der Waals surface area (Å²) in [7, 11) is 3.13. The molecule has 0 saturated heterocycles. The predicted octanol–water partition coefficient (Wildman–Crippen LogP) is 3.68. The fourth-order valence-electron chi connectivity index (χ4n) is 3.19. The molecule has 0 aliphatic rings. The van der Waals surface area contributed by atoms with E-state index in [9.17, 15) is 9.18 Å². The van der Waals surface area contributed by atoms with Crippen LogP contribution in [-0.4, -0.2) is 34.8 Å². The predicted molar refractivity (Wildman–Crippen MR) is 115 cm³/mol. The molecule has 8 nitrogen and oxygen atoms in total. The molecule has 0 radical (unpaired) electrons. The molecule has 2 aromatic heterocycles. The van der Waals surface area contributed by atoms with Crippen molar-refractivity contribution in [3.05, 3.63) is 72.2 Å². The van der Waals surface area contributed by atoms with E-state index in [1.54, 1.807) is 55.3 Å². The summed E-state index contributed by atoms with van der Waals surface area (Å²) in [6.45, 7) is 0.412. The first kappa shape index (κ1) is 21.1. The lowest BCUT2D eigenvalue weighted by Crippen LogP contribution is -2.27. The normalized spacial score (nSPS) is 10.7. The Morgan fingerprint density at radius 1 is 1.09 bits per heavy atom. The Kier molecular flexibility index (Phi) is 6.16. The molecule has 0 fully saturated rings. The maximum atomic E-state index is 13.1. The lowest BCUT2D eigenvalue weighted by Gasteiger charge is -2.11. The van der Waals surface area contributed by atoms with Crippen LogP contribution in [0.3, 0.4) is 0 Å². The van der Waals surface area contributed by atoms with Gasteiger partial charge < -0.3 is 23.9 Å². The van der Waals surface area contributed by atoms with Crippen molar-refractivity contribution in [2.45, 2.75) is 13.1 Å². The van der Waals surface area contributed by atoms with Gasteiger partial charge in [0.25, 0.3) is 5.89 Å². The number of methoxy groups -OCH3 is 2. The zero-order valence-corrected chi connectivity index (χ0v) is 17.5. The molecule has 164 valence electrons. The van der Waals surface area contributed by atoms with Crippen LogP contribution in [0.15, 0.2) is 65.3 Å². The Hall–Kier alpha value is -4.14. The fourth-order valence-corrected chi connectivity index (χ4v) is 3.19. The van der Waals surface area contributed by atoms with E-state index in [-0.39, 0.29) is 24.2 Å². The van der Waals surface area contributed by atoms with Crippen molar-refractivity contribution in [1.82, 2.24) is 20.0 Å². The van der Waals surface area contributed by atoms with E-state index in [1.165, 1.54) is 12.1 Å². The quantitative estimate of drug-likeness (QED) is 0.453. The van der Waals surface area contributed by atoms with Crippen LogP contribution in [0.25, 0.3) is 23.0 Å². The average molecular weight is 436 g/mol. The van der Waals surface area contributed by atoms with Gasteiger partial charge >= 0.3 is 0 Å². The molecule has 0 aliphatic heterocycles. The van der Waals surface area contributed by atoms with E-state index >= 15 is 0 Å². The van der Waals surface area contributed by atoms with Gasteiger partial charge in [-0.3, -0.25) is 4.79 Å². The van der Waals surface area contributed by atoms with Crippen LogP contribution in [-0.2, 0) is 17.9 Å². The van der Waals surface area contributed by atoms with Crippen molar-refractivity contribution in [2.75, 3.05) is 14.2 Å². The van der Waals surface area contributed by atoms with Crippen LogP contribution in [0.1, 0.15) is 5.56 Å². The molecule has 32 heavy (non-hydrogen) atoms. The van der Waals surface area contributed by atoms with E-state index in [1.807, 2.05) is 12.1 Å². The molecule has 0 saturated carbocycles. The summed E-state index contributed by atoms with van der Waals surface area (Å²) in [4.78, 5) is 16.9. The highest BCUT2D eigenvalue weighted by Gasteiger charge is 2.16. The van der Waals surface area contributed by atoms with Crippen molar-refractivity contribution in [2.24, 2.45) is 0 Å². The Morgan fingerprint density at radius 3 is 2.62 bits per heavy atom. The SMILES string of the molecule is COc1ccc(CNC(=O)Cn2cccc2-c2nc(-c3ccc(F)cc3)no2)cc1OC.